The zero-order valence-corrected chi connectivity index (χ0v) is 14.6. The van der Waals surface area contributed by atoms with E-state index in [-0.39, 0.29) is 0 Å². The molecule has 2 N–H and O–H groups in total. The van der Waals surface area contributed by atoms with Crippen molar-refractivity contribution in [3.63, 3.8) is 0 Å². The van der Waals surface area contributed by atoms with E-state index in [4.69, 9.17) is 9.47 Å². The Balaban J connectivity index is 1.51. The minimum atomic E-state index is -0.565. The zero-order valence-electron chi connectivity index (χ0n) is 14.6. The van der Waals surface area contributed by atoms with Crippen LogP contribution in [0.5, 0.6) is 0 Å². The number of amides is 2. The highest BCUT2D eigenvalue weighted by molar-refractivity contribution is 5.85. The van der Waals surface area contributed by atoms with Crippen molar-refractivity contribution in [2.45, 2.75) is 18.6 Å². The molecule has 27 heavy (non-hydrogen) atoms. The van der Waals surface area contributed by atoms with Gasteiger partial charge in [0.15, 0.2) is 0 Å². The van der Waals surface area contributed by atoms with Crippen LogP contribution < -0.4 is 10.6 Å². The molecule has 6 nitrogen and oxygen atoms in total. The van der Waals surface area contributed by atoms with Crippen LogP contribution in [0.25, 0.3) is 0 Å². The van der Waals surface area contributed by atoms with Gasteiger partial charge in [-0.05, 0) is 36.4 Å². The predicted molar refractivity (Wildman–Crippen MR) is 104 cm³/mol. The molecule has 138 valence electrons. The van der Waals surface area contributed by atoms with E-state index in [1.165, 1.54) is 0 Å². The molecular weight excluding hydrogens is 344 g/mol. The normalized spacial score (nSPS) is 18.2. The Morgan fingerprint density at radius 2 is 1.11 bits per heavy atom. The van der Waals surface area contributed by atoms with Gasteiger partial charge in [0.05, 0.1) is 0 Å². The predicted octanol–water partition coefficient (Wildman–Crippen LogP) is 4.74. The molecule has 0 aromatic heterocycles. The molecule has 0 saturated heterocycles. The lowest BCUT2D eigenvalue weighted by Gasteiger charge is -2.19. The lowest BCUT2D eigenvalue weighted by atomic mass is 10.2. The van der Waals surface area contributed by atoms with E-state index in [1.54, 1.807) is 48.6 Å². The van der Waals surface area contributed by atoms with Crippen LogP contribution in [0.1, 0.15) is 6.42 Å². The fraction of sp³-hybridized carbons (Fsp3) is 0.143. The molecule has 0 aliphatic heterocycles. The van der Waals surface area contributed by atoms with Crippen molar-refractivity contribution in [1.82, 2.24) is 0 Å². The molecule has 2 aromatic rings. The Labute approximate surface area is 157 Å². The van der Waals surface area contributed by atoms with Gasteiger partial charge < -0.3 is 9.47 Å². The first-order valence-corrected chi connectivity index (χ1v) is 8.59. The molecule has 6 heteroatoms. The highest BCUT2D eigenvalue weighted by atomic mass is 16.6. The summed E-state index contributed by atoms with van der Waals surface area (Å²) in [4.78, 5) is 24.1. The summed E-state index contributed by atoms with van der Waals surface area (Å²) in [6.45, 7) is 0. The van der Waals surface area contributed by atoms with Gasteiger partial charge in [-0.2, -0.15) is 0 Å². The van der Waals surface area contributed by atoms with E-state index < -0.39 is 24.4 Å². The Morgan fingerprint density at radius 3 is 1.52 bits per heavy atom. The van der Waals surface area contributed by atoms with Crippen LogP contribution in [0.3, 0.4) is 0 Å². The summed E-state index contributed by atoms with van der Waals surface area (Å²) in [6.07, 6.45) is 5.20. The molecule has 2 aromatic carbocycles. The third kappa shape index (κ3) is 6.04. The van der Waals surface area contributed by atoms with E-state index in [2.05, 4.69) is 10.6 Å². The molecule has 2 atom stereocenters. The van der Waals surface area contributed by atoms with Gasteiger partial charge in [-0.25, -0.2) is 9.59 Å². The van der Waals surface area contributed by atoms with Crippen LogP contribution in [-0.2, 0) is 9.47 Å². The molecule has 0 heterocycles. The molecule has 1 aliphatic carbocycles. The SMILES string of the molecule is O=C(Nc1ccccc1)OC1C=CC=CC(OC(=O)Nc2ccccc2)C1. The van der Waals surface area contributed by atoms with Crippen LogP contribution in [0.15, 0.2) is 85.0 Å². The van der Waals surface area contributed by atoms with Crippen LogP contribution >= 0.6 is 0 Å². The zero-order chi connectivity index (χ0) is 18.9. The molecule has 0 saturated carbocycles. The number of nitrogens with one attached hydrogen (secondary N) is 2. The smallest absolute Gasteiger partial charge is 0.412 e. The van der Waals surface area contributed by atoms with Crippen molar-refractivity contribution < 1.29 is 19.1 Å². The van der Waals surface area contributed by atoms with Gasteiger partial charge in [-0.3, -0.25) is 10.6 Å². The first-order chi connectivity index (χ1) is 13.2. The fourth-order valence-corrected chi connectivity index (χ4v) is 2.55. The van der Waals surface area contributed by atoms with Crippen LogP contribution in [0, 0.1) is 0 Å². The van der Waals surface area contributed by atoms with E-state index in [0.717, 1.165) is 0 Å². The summed E-state index contributed by atoms with van der Waals surface area (Å²) in [7, 11) is 0. The quantitative estimate of drug-likeness (QED) is 0.822. The second kappa shape index (κ2) is 9.24. The Hall–Kier alpha value is -3.54. The van der Waals surface area contributed by atoms with Crippen molar-refractivity contribution in [2.75, 3.05) is 10.6 Å². The highest BCUT2D eigenvalue weighted by Crippen LogP contribution is 2.16. The summed E-state index contributed by atoms with van der Waals surface area (Å²) in [5, 5.41) is 5.32. The summed E-state index contributed by atoms with van der Waals surface area (Å²) in [6, 6.07) is 18.1. The van der Waals surface area contributed by atoms with Crippen molar-refractivity contribution in [3.8, 4) is 0 Å². The molecule has 3 rings (SSSR count). The van der Waals surface area contributed by atoms with E-state index >= 15 is 0 Å². The first-order valence-electron chi connectivity index (χ1n) is 8.59. The third-order valence-corrected chi connectivity index (χ3v) is 3.78. The number of hydrogen-bond acceptors (Lipinski definition) is 4. The Bertz CT molecular complexity index is 749. The largest absolute Gasteiger partial charge is 0.442 e. The topological polar surface area (TPSA) is 76.7 Å². The second-order valence-corrected chi connectivity index (χ2v) is 5.88. The maximum Gasteiger partial charge on any atom is 0.412 e. The molecule has 0 fully saturated rings. The Morgan fingerprint density at radius 1 is 0.704 bits per heavy atom. The van der Waals surface area contributed by atoms with Crippen molar-refractivity contribution >= 4 is 23.6 Å². The Kier molecular flexibility index (Phi) is 6.25. The van der Waals surface area contributed by atoms with E-state index in [1.807, 2.05) is 36.4 Å². The van der Waals surface area contributed by atoms with E-state index in [9.17, 15) is 9.59 Å². The van der Waals surface area contributed by atoms with Gasteiger partial charge >= 0.3 is 12.2 Å². The lowest BCUT2D eigenvalue weighted by molar-refractivity contribution is 0.0853. The maximum atomic E-state index is 12.1. The minimum Gasteiger partial charge on any atom is -0.442 e. The molecule has 0 spiro atoms. The second-order valence-electron chi connectivity index (χ2n) is 5.88. The number of anilines is 2. The first kappa shape index (κ1) is 18.3. The van der Waals surface area contributed by atoms with Crippen molar-refractivity contribution in [3.05, 3.63) is 85.0 Å². The van der Waals surface area contributed by atoms with Gasteiger partial charge in [0.2, 0.25) is 0 Å². The summed E-state index contributed by atoms with van der Waals surface area (Å²) in [5.74, 6) is 0. The molecular formula is C21H20N2O4. The van der Waals surface area contributed by atoms with Crippen LogP contribution in [0.2, 0.25) is 0 Å². The molecule has 2 amide bonds. The monoisotopic (exact) mass is 364 g/mol. The molecule has 0 bridgehead atoms. The van der Waals surface area contributed by atoms with Crippen LogP contribution in [0.4, 0.5) is 21.0 Å². The average molecular weight is 364 g/mol. The number of allylic oxidation sites excluding steroid dienone is 2. The van der Waals surface area contributed by atoms with E-state index in [0.29, 0.717) is 17.8 Å². The summed E-state index contributed by atoms with van der Waals surface area (Å²) in [5.41, 5.74) is 1.29. The van der Waals surface area contributed by atoms with Gasteiger partial charge in [0.25, 0.3) is 0 Å². The highest BCUT2D eigenvalue weighted by Gasteiger charge is 2.21. The standard InChI is InChI=1S/C21H20N2O4/c24-20(22-16-9-3-1-4-10-16)26-18-13-7-8-14-19(15-18)27-21(25)23-17-11-5-2-6-12-17/h1-14,18-19H,15H2,(H,22,24)(H,23,25). The maximum absolute atomic E-state index is 12.1. The number of carbonyl (C=O) groups is 2. The summed E-state index contributed by atoms with van der Waals surface area (Å²) < 4.78 is 10.8. The third-order valence-electron chi connectivity index (χ3n) is 3.78. The van der Waals surface area contributed by atoms with Gasteiger partial charge in [-0.15, -0.1) is 0 Å². The average Bonchev–Trinajstić information content (AvgIpc) is 2.88. The molecule has 2 unspecified atom stereocenters. The minimum absolute atomic E-state index is 0.331. The van der Waals surface area contributed by atoms with Gasteiger partial charge in [-0.1, -0.05) is 48.6 Å². The van der Waals surface area contributed by atoms with Gasteiger partial charge in [0, 0.05) is 17.8 Å². The number of para-hydroxylation sites is 2. The fourth-order valence-electron chi connectivity index (χ4n) is 2.55. The molecule has 1 aliphatic rings. The van der Waals surface area contributed by atoms with Crippen molar-refractivity contribution in [2.24, 2.45) is 0 Å². The number of benzene rings is 2. The number of carbonyl (C=O) groups excluding carboxylic acids is 2. The van der Waals surface area contributed by atoms with Crippen LogP contribution in [-0.4, -0.2) is 24.4 Å². The van der Waals surface area contributed by atoms with Crippen molar-refractivity contribution in [1.29, 1.82) is 0 Å². The van der Waals surface area contributed by atoms with Gasteiger partial charge in [0.1, 0.15) is 12.2 Å². The summed E-state index contributed by atoms with van der Waals surface area (Å²) >= 11 is 0. The lowest BCUT2D eigenvalue weighted by Crippen LogP contribution is -2.27. The number of hydrogen-bond donors (Lipinski definition) is 2. The number of rotatable bonds is 4. The number of ether oxygens (including phenoxy) is 2. The molecule has 0 radical (unpaired) electrons.